The van der Waals surface area contributed by atoms with Crippen molar-refractivity contribution >= 4 is 17.6 Å². The molecule has 0 heterocycles. The van der Waals surface area contributed by atoms with Crippen LogP contribution in [0.3, 0.4) is 0 Å². The summed E-state index contributed by atoms with van der Waals surface area (Å²) in [6.07, 6.45) is 0.114. The van der Waals surface area contributed by atoms with E-state index in [1.54, 1.807) is 13.0 Å². The van der Waals surface area contributed by atoms with Crippen molar-refractivity contribution in [3.05, 3.63) is 34.6 Å². The molecule has 0 amide bonds. The molecule has 2 N–H and O–H groups in total. The standard InChI is InChI=1S/C13H17ClFNO2/c1-8(16)13(2,7-12(17)18-3)9-4-5-11(15)10(14)6-9/h4-6,8H,7,16H2,1-3H3. The number of hydrogen-bond acceptors (Lipinski definition) is 3. The zero-order valence-corrected chi connectivity index (χ0v) is 11.4. The molecular weight excluding hydrogens is 257 g/mol. The van der Waals surface area contributed by atoms with Crippen LogP contribution >= 0.6 is 11.6 Å². The normalized spacial score (nSPS) is 15.9. The average molecular weight is 274 g/mol. The highest BCUT2D eigenvalue weighted by atomic mass is 35.5. The maximum atomic E-state index is 13.2. The van der Waals surface area contributed by atoms with Gasteiger partial charge < -0.3 is 10.5 Å². The largest absolute Gasteiger partial charge is 0.469 e. The number of ether oxygens (including phenoxy) is 1. The van der Waals surface area contributed by atoms with Crippen LogP contribution in [-0.2, 0) is 14.9 Å². The summed E-state index contributed by atoms with van der Waals surface area (Å²) in [6.45, 7) is 3.62. The van der Waals surface area contributed by atoms with Crippen molar-refractivity contribution in [2.24, 2.45) is 5.73 Å². The maximum Gasteiger partial charge on any atom is 0.306 e. The van der Waals surface area contributed by atoms with Crippen molar-refractivity contribution in [3.63, 3.8) is 0 Å². The van der Waals surface area contributed by atoms with Crippen molar-refractivity contribution in [2.45, 2.75) is 31.7 Å². The van der Waals surface area contributed by atoms with Gasteiger partial charge in [-0.3, -0.25) is 4.79 Å². The van der Waals surface area contributed by atoms with Gasteiger partial charge in [0.05, 0.1) is 18.6 Å². The van der Waals surface area contributed by atoms with Crippen LogP contribution in [0.2, 0.25) is 5.02 Å². The first-order valence-electron chi connectivity index (χ1n) is 5.59. The van der Waals surface area contributed by atoms with Gasteiger partial charge in [-0.25, -0.2) is 4.39 Å². The first-order valence-corrected chi connectivity index (χ1v) is 5.97. The summed E-state index contributed by atoms with van der Waals surface area (Å²) in [5, 5.41) is 0.0178. The number of carbonyl (C=O) groups is 1. The number of carbonyl (C=O) groups excluding carboxylic acids is 1. The Morgan fingerprint density at radius 1 is 1.61 bits per heavy atom. The third kappa shape index (κ3) is 3.00. The molecule has 3 nitrogen and oxygen atoms in total. The van der Waals surface area contributed by atoms with Gasteiger partial charge in [0, 0.05) is 11.5 Å². The van der Waals surface area contributed by atoms with Crippen LogP contribution in [0.25, 0.3) is 0 Å². The summed E-state index contributed by atoms with van der Waals surface area (Å²) in [7, 11) is 1.32. The summed E-state index contributed by atoms with van der Waals surface area (Å²) in [4.78, 5) is 11.5. The fourth-order valence-electron chi connectivity index (χ4n) is 1.75. The van der Waals surface area contributed by atoms with Crippen molar-refractivity contribution in [2.75, 3.05) is 7.11 Å². The van der Waals surface area contributed by atoms with E-state index < -0.39 is 11.2 Å². The quantitative estimate of drug-likeness (QED) is 0.858. The van der Waals surface area contributed by atoms with Crippen LogP contribution in [0, 0.1) is 5.82 Å². The Morgan fingerprint density at radius 2 is 2.22 bits per heavy atom. The Morgan fingerprint density at radius 3 is 2.67 bits per heavy atom. The van der Waals surface area contributed by atoms with E-state index >= 15 is 0 Å². The highest BCUT2D eigenvalue weighted by Gasteiger charge is 2.34. The second-order valence-corrected chi connectivity index (χ2v) is 5.00. The van der Waals surface area contributed by atoms with Crippen LogP contribution in [-0.4, -0.2) is 19.1 Å². The lowest BCUT2D eigenvalue weighted by Gasteiger charge is -2.33. The highest BCUT2D eigenvalue weighted by Crippen LogP contribution is 2.33. The predicted octanol–water partition coefficient (Wildman–Crippen LogP) is 2.65. The molecule has 0 bridgehead atoms. The summed E-state index contributed by atoms with van der Waals surface area (Å²) in [5.41, 5.74) is 6.02. The molecule has 0 fully saturated rings. The third-order valence-electron chi connectivity index (χ3n) is 3.32. The highest BCUT2D eigenvalue weighted by molar-refractivity contribution is 6.30. The van der Waals surface area contributed by atoms with Gasteiger partial charge in [-0.2, -0.15) is 0 Å². The molecule has 0 saturated heterocycles. The Balaban J connectivity index is 3.18. The van der Waals surface area contributed by atoms with Crippen molar-refractivity contribution in [3.8, 4) is 0 Å². The topological polar surface area (TPSA) is 52.3 Å². The molecule has 0 radical (unpaired) electrons. The van der Waals surface area contributed by atoms with Gasteiger partial charge in [-0.15, -0.1) is 0 Å². The smallest absolute Gasteiger partial charge is 0.306 e. The number of halogens is 2. The molecule has 1 aromatic rings. The Labute approximate surface area is 111 Å². The van der Waals surface area contributed by atoms with Gasteiger partial charge in [-0.1, -0.05) is 24.6 Å². The van der Waals surface area contributed by atoms with Crippen LogP contribution in [0.15, 0.2) is 18.2 Å². The molecule has 1 rings (SSSR count). The fourth-order valence-corrected chi connectivity index (χ4v) is 1.93. The first-order chi connectivity index (χ1) is 8.31. The number of methoxy groups -OCH3 is 1. The molecule has 100 valence electrons. The average Bonchev–Trinajstić information content (AvgIpc) is 2.31. The zero-order chi connectivity index (χ0) is 13.9. The molecule has 0 aromatic heterocycles. The Hall–Kier alpha value is -1.13. The predicted molar refractivity (Wildman–Crippen MR) is 69.0 cm³/mol. The molecule has 18 heavy (non-hydrogen) atoms. The molecule has 0 spiro atoms. The molecule has 2 atom stereocenters. The van der Waals surface area contributed by atoms with Gasteiger partial charge in [0.25, 0.3) is 0 Å². The minimum absolute atomic E-state index is 0.0178. The molecule has 0 aliphatic carbocycles. The number of hydrogen-bond donors (Lipinski definition) is 1. The second kappa shape index (κ2) is 5.67. The lowest BCUT2D eigenvalue weighted by Crippen LogP contribution is -2.42. The van der Waals surface area contributed by atoms with Gasteiger partial charge in [-0.05, 0) is 24.6 Å². The lowest BCUT2D eigenvalue weighted by atomic mass is 9.74. The Kier molecular flexibility index (Phi) is 4.71. The van der Waals surface area contributed by atoms with E-state index in [0.717, 1.165) is 0 Å². The lowest BCUT2D eigenvalue weighted by molar-refractivity contribution is -0.142. The summed E-state index contributed by atoms with van der Waals surface area (Å²) < 4.78 is 17.8. The monoisotopic (exact) mass is 273 g/mol. The minimum atomic E-state index is -0.648. The van der Waals surface area contributed by atoms with Crippen molar-refractivity contribution in [1.82, 2.24) is 0 Å². The Bertz CT molecular complexity index is 451. The van der Waals surface area contributed by atoms with Gasteiger partial charge in [0.1, 0.15) is 5.82 Å². The van der Waals surface area contributed by atoms with Crippen LogP contribution in [0.5, 0.6) is 0 Å². The van der Waals surface area contributed by atoms with Gasteiger partial charge in [0.2, 0.25) is 0 Å². The number of esters is 1. The van der Waals surface area contributed by atoms with E-state index in [2.05, 4.69) is 4.74 Å². The van der Waals surface area contributed by atoms with E-state index in [1.807, 2.05) is 6.92 Å². The number of benzene rings is 1. The molecule has 5 heteroatoms. The molecule has 2 unspecified atom stereocenters. The SMILES string of the molecule is COC(=O)CC(C)(c1ccc(F)c(Cl)c1)C(C)N. The van der Waals surface area contributed by atoms with Crippen LogP contribution < -0.4 is 5.73 Å². The summed E-state index contributed by atoms with van der Waals surface area (Å²) in [6, 6.07) is 4.06. The number of rotatable bonds is 4. The van der Waals surface area contributed by atoms with E-state index in [0.29, 0.717) is 5.56 Å². The first kappa shape index (κ1) is 14.9. The summed E-state index contributed by atoms with van der Waals surface area (Å²) >= 11 is 5.76. The van der Waals surface area contributed by atoms with E-state index in [-0.39, 0.29) is 23.5 Å². The molecular formula is C13H17ClFNO2. The van der Waals surface area contributed by atoms with Gasteiger partial charge in [0.15, 0.2) is 0 Å². The van der Waals surface area contributed by atoms with Crippen molar-refractivity contribution in [1.29, 1.82) is 0 Å². The minimum Gasteiger partial charge on any atom is -0.469 e. The molecule has 0 saturated carbocycles. The molecule has 0 aliphatic rings. The maximum absolute atomic E-state index is 13.2. The van der Waals surface area contributed by atoms with E-state index in [1.165, 1.54) is 19.2 Å². The fraction of sp³-hybridized carbons (Fsp3) is 0.462. The second-order valence-electron chi connectivity index (χ2n) is 4.59. The van der Waals surface area contributed by atoms with E-state index in [4.69, 9.17) is 17.3 Å². The third-order valence-corrected chi connectivity index (χ3v) is 3.61. The van der Waals surface area contributed by atoms with Crippen LogP contribution in [0.4, 0.5) is 4.39 Å². The van der Waals surface area contributed by atoms with Crippen molar-refractivity contribution < 1.29 is 13.9 Å². The molecule has 0 aliphatic heterocycles. The number of nitrogens with two attached hydrogens (primary N) is 1. The van der Waals surface area contributed by atoms with Crippen LogP contribution in [0.1, 0.15) is 25.8 Å². The van der Waals surface area contributed by atoms with E-state index in [9.17, 15) is 9.18 Å². The molecule has 1 aromatic carbocycles. The van der Waals surface area contributed by atoms with Gasteiger partial charge >= 0.3 is 5.97 Å². The summed E-state index contributed by atoms with van der Waals surface area (Å²) in [5.74, 6) is -0.860. The zero-order valence-electron chi connectivity index (χ0n) is 10.7.